The molecule has 0 saturated heterocycles. The summed E-state index contributed by atoms with van der Waals surface area (Å²) in [6.45, 7) is 0.113. The van der Waals surface area contributed by atoms with Crippen molar-refractivity contribution in [3.05, 3.63) is 58.4 Å². The summed E-state index contributed by atoms with van der Waals surface area (Å²) in [5, 5.41) is 10.6. The Kier molecular flexibility index (Phi) is 3.51. The first-order chi connectivity index (χ1) is 9.65. The van der Waals surface area contributed by atoms with Gasteiger partial charge in [-0.3, -0.25) is 0 Å². The van der Waals surface area contributed by atoms with Crippen LogP contribution < -0.4 is 9.47 Å². The van der Waals surface area contributed by atoms with Gasteiger partial charge in [-0.1, -0.05) is 29.8 Å². The van der Waals surface area contributed by atoms with E-state index in [1.54, 1.807) is 30.3 Å². The van der Waals surface area contributed by atoms with Crippen molar-refractivity contribution >= 4 is 11.6 Å². The van der Waals surface area contributed by atoms with Gasteiger partial charge >= 0.3 is 0 Å². The van der Waals surface area contributed by atoms with Crippen molar-refractivity contribution in [3.63, 3.8) is 0 Å². The molecule has 0 amide bonds. The Balaban J connectivity index is 1.86. The van der Waals surface area contributed by atoms with Crippen LogP contribution in [0.5, 0.6) is 11.5 Å². The molecule has 1 aliphatic rings. The maximum atomic E-state index is 13.6. The first-order valence-electron chi connectivity index (χ1n) is 6.15. The van der Waals surface area contributed by atoms with E-state index in [0.717, 1.165) is 0 Å². The number of aliphatic hydroxyl groups excluding tert-OH is 1. The fourth-order valence-electron chi connectivity index (χ4n) is 2.17. The van der Waals surface area contributed by atoms with E-state index < -0.39 is 6.10 Å². The van der Waals surface area contributed by atoms with Crippen LogP contribution in [0, 0.1) is 5.82 Å². The van der Waals surface area contributed by atoms with Crippen molar-refractivity contribution in [1.82, 2.24) is 0 Å². The van der Waals surface area contributed by atoms with E-state index >= 15 is 0 Å². The highest BCUT2D eigenvalue weighted by molar-refractivity contribution is 6.32. The number of benzene rings is 2. The van der Waals surface area contributed by atoms with Gasteiger partial charge in [0.25, 0.3) is 0 Å². The van der Waals surface area contributed by atoms with E-state index in [0.29, 0.717) is 27.6 Å². The molecule has 20 heavy (non-hydrogen) atoms. The molecule has 0 fully saturated rings. The normalized spacial score (nSPS) is 14.3. The Labute approximate surface area is 120 Å². The molecule has 1 aliphatic heterocycles. The van der Waals surface area contributed by atoms with Gasteiger partial charge in [0.15, 0.2) is 11.5 Å². The average molecular weight is 295 g/mol. The van der Waals surface area contributed by atoms with E-state index in [1.165, 1.54) is 6.07 Å². The molecular formula is C15H12ClFO3. The molecule has 3 rings (SSSR count). The summed E-state index contributed by atoms with van der Waals surface area (Å²) < 4.78 is 24.0. The molecule has 1 atom stereocenters. The minimum Gasteiger partial charge on any atom is -0.454 e. The number of aliphatic hydroxyl groups is 1. The Hall–Kier alpha value is -1.78. The van der Waals surface area contributed by atoms with Crippen LogP contribution in [0.3, 0.4) is 0 Å². The van der Waals surface area contributed by atoms with Crippen LogP contribution in [0.1, 0.15) is 17.2 Å². The van der Waals surface area contributed by atoms with Gasteiger partial charge in [-0.2, -0.15) is 0 Å². The van der Waals surface area contributed by atoms with Crippen LogP contribution in [-0.4, -0.2) is 11.9 Å². The molecule has 2 aromatic rings. The van der Waals surface area contributed by atoms with Crippen LogP contribution in [0.15, 0.2) is 36.4 Å². The quantitative estimate of drug-likeness (QED) is 0.942. The summed E-state index contributed by atoms with van der Waals surface area (Å²) in [4.78, 5) is 0. The van der Waals surface area contributed by atoms with Gasteiger partial charge in [0.2, 0.25) is 6.79 Å². The lowest BCUT2D eigenvalue weighted by Crippen LogP contribution is -2.03. The van der Waals surface area contributed by atoms with Crippen molar-refractivity contribution in [1.29, 1.82) is 0 Å². The first-order valence-corrected chi connectivity index (χ1v) is 6.53. The van der Waals surface area contributed by atoms with Crippen molar-refractivity contribution in [3.8, 4) is 11.5 Å². The molecule has 1 heterocycles. The van der Waals surface area contributed by atoms with Crippen LogP contribution in [0.25, 0.3) is 0 Å². The number of ether oxygens (including phenoxy) is 2. The molecular weight excluding hydrogens is 283 g/mol. The summed E-state index contributed by atoms with van der Waals surface area (Å²) in [6.07, 6.45) is -0.693. The maximum Gasteiger partial charge on any atom is 0.231 e. The third kappa shape index (κ3) is 2.44. The minimum absolute atomic E-state index is 0.113. The number of hydrogen-bond donors (Lipinski definition) is 1. The Morgan fingerprint density at radius 1 is 1.25 bits per heavy atom. The highest BCUT2D eigenvalue weighted by Crippen LogP contribution is 2.41. The van der Waals surface area contributed by atoms with Gasteiger partial charge in [0, 0.05) is 6.42 Å². The van der Waals surface area contributed by atoms with Gasteiger partial charge in [0.1, 0.15) is 5.82 Å². The lowest BCUT2D eigenvalue weighted by molar-refractivity contribution is 0.171. The number of halogens is 2. The average Bonchev–Trinajstić information content (AvgIpc) is 2.90. The fraction of sp³-hybridized carbons (Fsp3) is 0.200. The molecule has 5 heteroatoms. The Bertz CT molecular complexity index is 645. The van der Waals surface area contributed by atoms with Gasteiger partial charge in [-0.05, 0) is 29.3 Å². The Morgan fingerprint density at radius 2 is 2.05 bits per heavy atom. The molecule has 0 saturated carbocycles. The fourth-order valence-corrected chi connectivity index (χ4v) is 2.44. The van der Waals surface area contributed by atoms with E-state index in [4.69, 9.17) is 21.1 Å². The lowest BCUT2D eigenvalue weighted by atomic mass is 10.0. The lowest BCUT2D eigenvalue weighted by Gasteiger charge is -2.13. The summed E-state index contributed by atoms with van der Waals surface area (Å²) in [6, 6.07) is 9.64. The second-order valence-electron chi connectivity index (χ2n) is 4.55. The number of hydrogen-bond acceptors (Lipinski definition) is 3. The van der Waals surface area contributed by atoms with Crippen molar-refractivity contribution in [2.24, 2.45) is 0 Å². The highest BCUT2D eigenvalue weighted by Gasteiger charge is 2.21. The summed E-state index contributed by atoms with van der Waals surface area (Å²) in [5.74, 6) is 0.645. The van der Waals surface area contributed by atoms with Crippen LogP contribution in [-0.2, 0) is 6.42 Å². The second kappa shape index (κ2) is 5.31. The first kappa shape index (κ1) is 13.2. The predicted octanol–water partition coefficient (Wildman–Crippen LogP) is 3.48. The van der Waals surface area contributed by atoms with Crippen molar-refractivity contribution < 1.29 is 19.0 Å². The molecule has 2 aromatic carbocycles. The van der Waals surface area contributed by atoms with Crippen LogP contribution in [0.2, 0.25) is 5.02 Å². The van der Waals surface area contributed by atoms with Gasteiger partial charge < -0.3 is 14.6 Å². The third-order valence-corrected chi connectivity index (χ3v) is 3.49. The van der Waals surface area contributed by atoms with E-state index in [9.17, 15) is 9.50 Å². The highest BCUT2D eigenvalue weighted by atomic mass is 35.5. The van der Waals surface area contributed by atoms with Gasteiger partial charge in [-0.15, -0.1) is 0 Å². The van der Waals surface area contributed by atoms with E-state index in [2.05, 4.69) is 0 Å². The van der Waals surface area contributed by atoms with E-state index in [-0.39, 0.29) is 19.0 Å². The zero-order valence-electron chi connectivity index (χ0n) is 10.5. The van der Waals surface area contributed by atoms with Gasteiger partial charge in [0.05, 0.1) is 11.1 Å². The number of fused-ring (bicyclic) bond motifs is 1. The molecule has 0 aliphatic carbocycles. The summed E-state index contributed by atoms with van der Waals surface area (Å²) >= 11 is 6.06. The standard InChI is InChI=1S/C15H12ClFO3/c16-11-5-10(7-14-15(11)20-8-19-14)13(18)6-9-3-1-2-4-12(9)17/h1-5,7,13,18H,6,8H2. The topological polar surface area (TPSA) is 38.7 Å². The molecule has 1 N–H and O–H groups in total. The van der Waals surface area contributed by atoms with Gasteiger partial charge in [-0.25, -0.2) is 4.39 Å². The maximum absolute atomic E-state index is 13.6. The van der Waals surface area contributed by atoms with Crippen molar-refractivity contribution in [2.75, 3.05) is 6.79 Å². The van der Waals surface area contributed by atoms with Crippen LogP contribution >= 0.6 is 11.6 Å². The summed E-state index contributed by atoms with van der Waals surface area (Å²) in [5.41, 5.74) is 1.02. The summed E-state index contributed by atoms with van der Waals surface area (Å²) in [7, 11) is 0. The van der Waals surface area contributed by atoms with Crippen LogP contribution in [0.4, 0.5) is 4.39 Å². The predicted molar refractivity (Wildman–Crippen MR) is 72.6 cm³/mol. The largest absolute Gasteiger partial charge is 0.454 e. The molecule has 0 spiro atoms. The molecule has 0 bridgehead atoms. The van der Waals surface area contributed by atoms with Crippen molar-refractivity contribution in [2.45, 2.75) is 12.5 Å². The second-order valence-corrected chi connectivity index (χ2v) is 4.96. The monoisotopic (exact) mass is 294 g/mol. The zero-order chi connectivity index (χ0) is 14.1. The zero-order valence-corrected chi connectivity index (χ0v) is 11.2. The minimum atomic E-state index is -0.862. The molecule has 0 radical (unpaired) electrons. The number of rotatable bonds is 3. The molecule has 0 aromatic heterocycles. The third-order valence-electron chi connectivity index (χ3n) is 3.21. The Morgan fingerprint density at radius 3 is 2.85 bits per heavy atom. The SMILES string of the molecule is OC(Cc1ccccc1F)c1cc(Cl)c2c(c1)OCO2. The molecule has 104 valence electrons. The van der Waals surface area contributed by atoms with E-state index in [1.807, 2.05) is 0 Å². The molecule has 1 unspecified atom stereocenters. The smallest absolute Gasteiger partial charge is 0.231 e. The molecule has 3 nitrogen and oxygen atoms in total.